The molecule has 0 radical (unpaired) electrons. The number of carbonyl (C=O) groups excluding carboxylic acids is 1. The third kappa shape index (κ3) is 4.56. The van der Waals surface area contributed by atoms with E-state index in [-0.39, 0.29) is 12.4 Å². The van der Waals surface area contributed by atoms with Gasteiger partial charge in [0.25, 0.3) is 0 Å². The van der Waals surface area contributed by atoms with E-state index >= 15 is 0 Å². The molecule has 3 heteroatoms. The normalized spacial score (nSPS) is 10.9. The number of thioether (sulfide) groups is 1. The van der Waals surface area contributed by atoms with Crippen LogP contribution in [0, 0.1) is 11.8 Å². The minimum Gasteiger partial charge on any atom is -0.475 e. The first-order valence-electron chi connectivity index (χ1n) is 8.22. The van der Waals surface area contributed by atoms with E-state index in [0.29, 0.717) is 10.7 Å². The molecule has 0 N–H and O–H groups in total. The Bertz CT molecular complexity index is 989. The standard InChI is InChI=1S/C23H18O2S/c1-26-23(25-16-8-11-18-9-3-2-4-10-18)17-22(24)21-15-7-13-19-12-5-6-14-20(19)21/h2-7,9-10,12-15,17H,16H2,1H3/b23-17-. The molecule has 0 atom stereocenters. The summed E-state index contributed by atoms with van der Waals surface area (Å²) in [5.74, 6) is 5.94. The topological polar surface area (TPSA) is 26.3 Å². The van der Waals surface area contributed by atoms with E-state index in [1.54, 1.807) is 0 Å². The Morgan fingerprint density at radius 2 is 1.73 bits per heavy atom. The molecule has 0 amide bonds. The molecular formula is C23H18O2S. The van der Waals surface area contributed by atoms with Gasteiger partial charge in [0.15, 0.2) is 10.9 Å². The lowest BCUT2D eigenvalue weighted by molar-refractivity contribution is 0.104. The van der Waals surface area contributed by atoms with Crippen molar-refractivity contribution in [2.45, 2.75) is 0 Å². The van der Waals surface area contributed by atoms with Gasteiger partial charge in [-0.15, -0.1) is 0 Å². The van der Waals surface area contributed by atoms with Crippen LogP contribution in [0.1, 0.15) is 15.9 Å². The summed E-state index contributed by atoms with van der Waals surface area (Å²) in [7, 11) is 0. The Balaban J connectivity index is 1.72. The van der Waals surface area contributed by atoms with E-state index in [0.717, 1.165) is 16.3 Å². The highest BCUT2D eigenvalue weighted by molar-refractivity contribution is 8.02. The lowest BCUT2D eigenvalue weighted by Gasteiger charge is -2.06. The van der Waals surface area contributed by atoms with Crippen molar-refractivity contribution in [1.29, 1.82) is 0 Å². The molecule has 0 aromatic heterocycles. The molecule has 0 saturated carbocycles. The van der Waals surface area contributed by atoms with Crippen molar-refractivity contribution in [3.05, 3.63) is 95.1 Å². The van der Waals surface area contributed by atoms with Crippen molar-refractivity contribution in [2.75, 3.05) is 12.9 Å². The maximum absolute atomic E-state index is 12.7. The number of benzene rings is 3. The highest BCUT2D eigenvalue weighted by Crippen LogP contribution is 2.21. The fourth-order valence-electron chi connectivity index (χ4n) is 2.55. The van der Waals surface area contributed by atoms with Gasteiger partial charge in [0.1, 0.15) is 6.61 Å². The molecule has 3 rings (SSSR count). The predicted molar refractivity (Wildman–Crippen MR) is 109 cm³/mol. The van der Waals surface area contributed by atoms with Crippen molar-refractivity contribution in [2.24, 2.45) is 0 Å². The third-order valence-corrected chi connectivity index (χ3v) is 4.44. The van der Waals surface area contributed by atoms with Gasteiger partial charge >= 0.3 is 0 Å². The molecule has 26 heavy (non-hydrogen) atoms. The minimum absolute atomic E-state index is 0.0674. The predicted octanol–water partition coefficient (Wildman–Crippen LogP) is 5.30. The quantitative estimate of drug-likeness (QED) is 0.268. The first kappa shape index (κ1) is 17.8. The lowest BCUT2D eigenvalue weighted by Crippen LogP contribution is -1.99. The molecule has 0 bridgehead atoms. The first-order chi connectivity index (χ1) is 12.8. The number of rotatable bonds is 5. The van der Waals surface area contributed by atoms with Gasteiger partial charge in [-0.3, -0.25) is 4.79 Å². The molecule has 0 unspecified atom stereocenters. The Hall–Kier alpha value is -2.96. The van der Waals surface area contributed by atoms with Crippen molar-refractivity contribution >= 4 is 28.3 Å². The third-order valence-electron chi connectivity index (χ3n) is 3.80. The average molecular weight is 358 g/mol. The molecule has 0 heterocycles. The summed E-state index contributed by atoms with van der Waals surface area (Å²) in [6.45, 7) is 0.240. The number of allylic oxidation sites excluding steroid dienone is 1. The summed E-state index contributed by atoms with van der Waals surface area (Å²) in [6, 6.07) is 23.3. The van der Waals surface area contributed by atoms with Gasteiger partial charge in [-0.2, -0.15) is 0 Å². The summed E-state index contributed by atoms with van der Waals surface area (Å²) in [4.78, 5) is 12.7. The molecule has 0 fully saturated rings. The first-order valence-corrected chi connectivity index (χ1v) is 9.45. The van der Waals surface area contributed by atoms with Crippen LogP contribution in [0.15, 0.2) is 84.0 Å². The van der Waals surface area contributed by atoms with Crippen LogP contribution < -0.4 is 0 Å². The van der Waals surface area contributed by atoms with Crippen LogP contribution >= 0.6 is 11.8 Å². The summed E-state index contributed by atoms with van der Waals surface area (Å²) >= 11 is 1.39. The molecule has 3 aromatic rings. The maximum atomic E-state index is 12.7. The smallest absolute Gasteiger partial charge is 0.190 e. The van der Waals surface area contributed by atoms with Gasteiger partial charge in [-0.05, 0) is 29.2 Å². The van der Waals surface area contributed by atoms with Crippen LogP contribution in [0.25, 0.3) is 10.8 Å². The second-order valence-electron chi connectivity index (χ2n) is 5.51. The molecule has 2 nitrogen and oxygen atoms in total. The fourth-order valence-corrected chi connectivity index (χ4v) is 2.95. The second kappa shape index (κ2) is 8.94. The van der Waals surface area contributed by atoms with Crippen molar-refractivity contribution in [3.8, 4) is 11.8 Å². The van der Waals surface area contributed by atoms with Crippen LogP contribution in [-0.2, 0) is 4.74 Å². The van der Waals surface area contributed by atoms with E-state index in [4.69, 9.17) is 4.74 Å². The van der Waals surface area contributed by atoms with Crippen LogP contribution in [0.4, 0.5) is 0 Å². The molecule has 0 saturated heterocycles. The minimum atomic E-state index is -0.0674. The van der Waals surface area contributed by atoms with E-state index in [1.807, 2.05) is 79.1 Å². The number of ether oxygens (including phenoxy) is 1. The molecule has 128 valence electrons. The van der Waals surface area contributed by atoms with Crippen LogP contribution in [0.2, 0.25) is 0 Å². The summed E-state index contributed by atoms with van der Waals surface area (Å²) in [6.07, 6.45) is 3.42. The Kier molecular flexibility index (Phi) is 6.14. The SMILES string of the molecule is CS/C(=C\C(=O)c1cccc2ccccc12)OCC#Cc1ccccc1. The van der Waals surface area contributed by atoms with Gasteiger partial charge in [-0.1, -0.05) is 84.3 Å². The van der Waals surface area contributed by atoms with Gasteiger partial charge in [0.05, 0.1) is 0 Å². The van der Waals surface area contributed by atoms with Crippen LogP contribution in [0.5, 0.6) is 0 Å². The zero-order chi connectivity index (χ0) is 18.2. The molecular weight excluding hydrogens is 340 g/mol. The number of carbonyl (C=O) groups is 1. The Morgan fingerprint density at radius 3 is 2.54 bits per heavy atom. The highest BCUT2D eigenvalue weighted by Gasteiger charge is 2.09. The van der Waals surface area contributed by atoms with Crippen molar-refractivity contribution in [1.82, 2.24) is 0 Å². The molecule has 0 aliphatic carbocycles. The molecule has 0 spiro atoms. The average Bonchev–Trinajstić information content (AvgIpc) is 2.70. The molecule has 0 aliphatic heterocycles. The Morgan fingerprint density at radius 1 is 1.00 bits per heavy atom. The fraction of sp³-hybridized carbons (Fsp3) is 0.0870. The van der Waals surface area contributed by atoms with Crippen molar-refractivity contribution < 1.29 is 9.53 Å². The maximum Gasteiger partial charge on any atom is 0.190 e. The summed E-state index contributed by atoms with van der Waals surface area (Å²) in [5, 5.41) is 2.55. The number of hydrogen-bond donors (Lipinski definition) is 0. The zero-order valence-corrected chi connectivity index (χ0v) is 15.3. The zero-order valence-electron chi connectivity index (χ0n) is 14.4. The molecule has 0 aliphatic rings. The van der Waals surface area contributed by atoms with E-state index in [1.165, 1.54) is 17.8 Å². The monoisotopic (exact) mass is 358 g/mol. The highest BCUT2D eigenvalue weighted by atomic mass is 32.2. The van der Waals surface area contributed by atoms with E-state index in [2.05, 4.69) is 11.8 Å². The van der Waals surface area contributed by atoms with Crippen LogP contribution in [0.3, 0.4) is 0 Å². The molecule has 3 aromatic carbocycles. The largest absolute Gasteiger partial charge is 0.475 e. The summed E-state index contributed by atoms with van der Waals surface area (Å²) < 4.78 is 5.65. The second-order valence-corrected chi connectivity index (χ2v) is 6.33. The van der Waals surface area contributed by atoms with Gasteiger partial charge < -0.3 is 4.74 Å². The number of ketones is 1. The lowest BCUT2D eigenvalue weighted by atomic mass is 10.0. The van der Waals surface area contributed by atoms with Gasteiger partial charge in [0.2, 0.25) is 0 Å². The van der Waals surface area contributed by atoms with E-state index in [9.17, 15) is 4.79 Å². The van der Waals surface area contributed by atoms with Gasteiger partial charge in [-0.25, -0.2) is 0 Å². The van der Waals surface area contributed by atoms with E-state index < -0.39 is 0 Å². The Labute approximate surface area is 157 Å². The van der Waals surface area contributed by atoms with Crippen LogP contribution in [-0.4, -0.2) is 18.6 Å². The number of hydrogen-bond acceptors (Lipinski definition) is 3. The summed E-state index contributed by atoms with van der Waals surface area (Å²) in [5.41, 5.74) is 1.62. The number of fused-ring (bicyclic) bond motifs is 1. The van der Waals surface area contributed by atoms with Gasteiger partial charge in [0, 0.05) is 17.2 Å². The van der Waals surface area contributed by atoms with Crippen molar-refractivity contribution in [3.63, 3.8) is 0 Å².